The molecule has 0 radical (unpaired) electrons. The number of halogens is 1. The molecule has 3 aromatic rings. The van der Waals surface area contributed by atoms with Crippen LogP contribution >= 0.6 is 15.9 Å². The molecule has 3 aromatic carbocycles. The molecule has 0 aromatic heterocycles. The third-order valence-corrected chi connectivity index (χ3v) is 6.57. The summed E-state index contributed by atoms with van der Waals surface area (Å²) in [5.74, 6) is 1.02. The van der Waals surface area contributed by atoms with Crippen molar-refractivity contribution in [3.63, 3.8) is 0 Å². The highest BCUT2D eigenvalue weighted by Gasteiger charge is 2.30. The van der Waals surface area contributed by atoms with Gasteiger partial charge in [0.05, 0.1) is 14.2 Å². The fraction of sp³-hybridized carbons (Fsp3) is 0.333. The molecule has 0 unspecified atom stereocenters. The van der Waals surface area contributed by atoms with Gasteiger partial charge in [-0.15, -0.1) is 0 Å². The lowest BCUT2D eigenvalue weighted by Crippen LogP contribution is -2.51. The highest BCUT2D eigenvalue weighted by molar-refractivity contribution is 9.10. The van der Waals surface area contributed by atoms with Crippen molar-refractivity contribution in [1.82, 2.24) is 10.2 Å². The lowest BCUT2D eigenvalue weighted by molar-refractivity contribution is -0.141. The van der Waals surface area contributed by atoms with Crippen molar-refractivity contribution >= 4 is 27.7 Å². The summed E-state index contributed by atoms with van der Waals surface area (Å²) in [4.78, 5) is 28.9. The standard InChI is InChI=1S/C30H35BrN2O4/c1-21(2)32-30(35)26(18-22-8-6-5-7-9-22)33(20-24-10-14-25(31)15-11-24)29(34)17-13-23-12-16-27(36-3)28(19-23)37-4/h5-12,14-16,19,21,26H,13,17-18,20H2,1-4H3,(H,32,35)/t26-/m1/s1. The van der Waals surface area contributed by atoms with Gasteiger partial charge in [0.15, 0.2) is 11.5 Å². The Hall–Kier alpha value is -3.32. The number of methoxy groups -OCH3 is 2. The summed E-state index contributed by atoms with van der Waals surface area (Å²) in [6, 6.07) is 22.6. The van der Waals surface area contributed by atoms with Gasteiger partial charge >= 0.3 is 0 Å². The summed E-state index contributed by atoms with van der Waals surface area (Å²) in [7, 11) is 3.18. The molecular weight excluding hydrogens is 532 g/mol. The first-order valence-corrected chi connectivity index (χ1v) is 13.2. The molecule has 1 N–H and O–H groups in total. The number of nitrogens with one attached hydrogen (secondary N) is 1. The summed E-state index contributed by atoms with van der Waals surface area (Å²) in [5, 5.41) is 3.02. The minimum absolute atomic E-state index is 0.0397. The van der Waals surface area contributed by atoms with Crippen LogP contribution in [0.3, 0.4) is 0 Å². The first kappa shape index (κ1) is 28.3. The zero-order valence-corrected chi connectivity index (χ0v) is 23.5. The Balaban J connectivity index is 1.90. The predicted molar refractivity (Wildman–Crippen MR) is 150 cm³/mol. The predicted octanol–water partition coefficient (Wildman–Crippen LogP) is 5.56. The van der Waals surface area contributed by atoms with Crippen molar-refractivity contribution < 1.29 is 19.1 Å². The van der Waals surface area contributed by atoms with E-state index in [9.17, 15) is 9.59 Å². The molecule has 0 bridgehead atoms. The van der Waals surface area contributed by atoms with Crippen LogP contribution in [0.15, 0.2) is 77.3 Å². The Morgan fingerprint density at radius 3 is 2.14 bits per heavy atom. The van der Waals surface area contributed by atoms with E-state index in [1.165, 1.54) is 0 Å². The first-order chi connectivity index (χ1) is 17.8. The summed E-state index contributed by atoms with van der Waals surface area (Å²) in [6.45, 7) is 4.19. The van der Waals surface area contributed by atoms with E-state index in [2.05, 4.69) is 21.2 Å². The monoisotopic (exact) mass is 566 g/mol. The molecule has 1 atom stereocenters. The van der Waals surface area contributed by atoms with Gasteiger partial charge in [-0.25, -0.2) is 0 Å². The van der Waals surface area contributed by atoms with Crippen LogP contribution in [0.2, 0.25) is 0 Å². The molecule has 3 rings (SSSR count). The highest BCUT2D eigenvalue weighted by Crippen LogP contribution is 2.28. The van der Waals surface area contributed by atoms with Crippen LogP contribution in [0.5, 0.6) is 11.5 Å². The van der Waals surface area contributed by atoms with E-state index in [4.69, 9.17) is 9.47 Å². The number of hydrogen-bond acceptors (Lipinski definition) is 4. The average molecular weight is 568 g/mol. The van der Waals surface area contributed by atoms with Crippen molar-refractivity contribution in [2.24, 2.45) is 0 Å². The third kappa shape index (κ3) is 8.35. The number of aryl methyl sites for hydroxylation is 1. The minimum Gasteiger partial charge on any atom is -0.493 e. The Morgan fingerprint density at radius 2 is 1.51 bits per heavy atom. The van der Waals surface area contributed by atoms with Crippen molar-refractivity contribution in [3.8, 4) is 11.5 Å². The molecule has 0 aliphatic rings. The maximum atomic E-state index is 13.8. The second-order valence-corrected chi connectivity index (χ2v) is 10.1. The molecule has 0 aliphatic carbocycles. The van der Waals surface area contributed by atoms with E-state index in [1.807, 2.05) is 86.6 Å². The number of amides is 2. The Bertz CT molecular complexity index is 1170. The minimum atomic E-state index is -0.647. The van der Waals surface area contributed by atoms with E-state index in [0.29, 0.717) is 30.9 Å². The zero-order chi connectivity index (χ0) is 26.8. The quantitative estimate of drug-likeness (QED) is 0.311. The van der Waals surface area contributed by atoms with E-state index in [0.717, 1.165) is 21.2 Å². The Labute approximate surface area is 228 Å². The summed E-state index contributed by atoms with van der Waals surface area (Å²) >= 11 is 3.47. The molecule has 0 heterocycles. The fourth-order valence-corrected chi connectivity index (χ4v) is 4.42. The molecule has 0 spiro atoms. The number of rotatable bonds is 12. The maximum absolute atomic E-state index is 13.8. The van der Waals surface area contributed by atoms with Crippen molar-refractivity contribution in [3.05, 3.63) is 94.0 Å². The fourth-order valence-electron chi connectivity index (χ4n) is 4.15. The lowest BCUT2D eigenvalue weighted by atomic mass is 10.0. The van der Waals surface area contributed by atoms with E-state index in [-0.39, 0.29) is 24.3 Å². The van der Waals surface area contributed by atoms with Crippen molar-refractivity contribution in [1.29, 1.82) is 0 Å². The number of hydrogen-bond donors (Lipinski definition) is 1. The van der Waals surface area contributed by atoms with Gasteiger partial charge in [-0.2, -0.15) is 0 Å². The number of nitrogens with zero attached hydrogens (tertiary/aromatic N) is 1. The van der Waals surface area contributed by atoms with E-state index in [1.54, 1.807) is 19.1 Å². The second kappa shape index (κ2) is 13.8. The molecule has 0 fully saturated rings. The summed E-state index contributed by atoms with van der Waals surface area (Å²) in [6.07, 6.45) is 1.20. The summed E-state index contributed by atoms with van der Waals surface area (Å²) < 4.78 is 11.7. The molecule has 7 heteroatoms. The van der Waals surface area contributed by atoms with Crippen LogP contribution in [0.1, 0.15) is 37.0 Å². The van der Waals surface area contributed by atoms with E-state index < -0.39 is 6.04 Å². The topological polar surface area (TPSA) is 67.9 Å². The van der Waals surface area contributed by atoms with Gasteiger partial charge in [-0.3, -0.25) is 9.59 Å². The SMILES string of the molecule is COc1ccc(CCC(=O)N(Cc2ccc(Br)cc2)[C@H](Cc2ccccc2)C(=O)NC(C)C)cc1OC. The van der Waals surface area contributed by atoms with Crippen molar-refractivity contribution in [2.45, 2.75) is 51.7 Å². The first-order valence-electron chi connectivity index (χ1n) is 12.4. The van der Waals surface area contributed by atoms with Gasteiger partial charge in [0, 0.05) is 29.9 Å². The van der Waals surface area contributed by atoms with Crippen LogP contribution < -0.4 is 14.8 Å². The molecule has 196 valence electrons. The molecule has 2 amide bonds. The highest BCUT2D eigenvalue weighted by atomic mass is 79.9. The molecule has 0 saturated heterocycles. The zero-order valence-electron chi connectivity index (χ0n) is 21.9. The number of carbonyl (C=O) groups is 2. The smallest absolute Gasteiger partial charge is 0.243 e. The van der Waals surface area contributed by atoms with Gasteiger partial charge in [0.25, 0.3) is 0 Å². The molecule has 6 nitrogen and oxygen atoms in total. The van der Waals surface area contributed by atoms with E-state index >= 15 is 0 Å². The molecule has 0 aliphatic heterocycles. The number of benzene rings is 3. The summed E-state index contributed by atoms with van der Waals surface area (Å²) in [5.41, 5.74) is 2.92. The van der Waals surface area contributed by atoms with Gasteiger partial charge in [-0.05, 0) is 61.2 Å². The molecular formula is C30H35BrN2O4. The van der Waals surface area contributed by atoms with Crippen LogP contribution in [0.4, 0.5) is 0 Å². The van der Waals surface area contributed by atoms with Gasteiger partial charge < -0.3 is 19.7 Å². The maximum Gasteiger partial charge on any atom is 0.243 e. The normalized spacial score (nSPS) is 11.6. The van der Waals surface area contributed by atoms with Crippen LogP contribution in [0.25, 0.3) is 0 Å². The van der Waals surface area contributed by atoms with Gasteiger partial charge in [-0.1, -0.05) is 64.5 Å². The average Bonchev–Trinajstić information content (AvgIpc) is 2.90. The number of carbonyl (C=O) groups excluding carboxylic acids is 2. The number of ether oxygens (including phenoxy) is 2. The largest absolute Gasteiger partial charge is 0.493 e. The van der Waals surface area contributed by atoms with Gasteiger partial charge in [0.1, 0.15) is 6.04 Å². The third-order valence-electron chi connectivity index (χ3n) is 6.04. The van der Waals surface area contributed by atoms with Crippen LogP contribution in [0, 0.1) is 0 Å². The second-order valence-electron chi connectivity index (χ2n) is 9.21. The van der Waals surface area contributed by atoms with Gasteiger partial charge in [0.2, 0.25) is 11.8 Å². The molecule has 0 saturated carbocycles. The molecule has 37 heavy (non-hydrogen) atoms. The lowest BCUT2D eigenvalue weighted by Gasteiger charge is -2.32. The van der Waals surface area contributed by atoms with Crippen LogP contribution in [-0.4, -0.2) is 43.0 Å². The van der Waals surface area contributed by atoms with Crippen LogP contribution in [-0.2, 0) is 29.0 Å². The Kier molecular flexibility index (Phi) is 10.6. The van der Waals surface area contributed by atoms with Crippen molar-refractivity contribution in [2.75, 3.05) is 14.2 Å². The Morgan fingerprint density at radius 1 is 0.865 bits per heavy atom.